The lowest BCUT2D eigenvalue weighted by molar-refractivity contribution is 0.145. The van der Waals surface area contributed by atoms with Crippen LogP contribution in [0.25, 0.3) is 6.08 Å². The van der Waals surface area contributed by atoms with Gasteiger partial charge in [0, 0.05) is 45.7 Å². The predicted molar refractivity (Wildman–Crippen MR) is 89.8 cm³/mol. The number of hydrogen-bond donors (Lipinski definition) is 1. The van der Waals surface area contributed by atoms with Gasteiger partial charge in [-0.25, -0.2) is 0 Å². The summed E-state index contributed by atoms with van der Waals surface area (Å²) in [5.74, 6) is 0. The lowest BCUT2D eigenvalue weighted by atomic mass is 10.2. The van der Waals surface area contributed by atoms with Gasteiger partial charge in [-0.15, -0.1) is 0 Å². The van der Waals surface area contributed by atoms with E-state index in [-0.39, 0.29) is 0 Å². The van der Waals surface area contributed by atoms with Gasteiger partial charge in [0.2, 0.25) is 0 Å². The first kappa shape index (κ1) is 15.2. The summed E-state index contributed by atoms with van der Waals surface area (Å²) in [5, 5.41) is 0. The first-order valence-electron chi connectivity index (χ1n) is 7.18. The fraction of sp³-hybridized carbons (Fsp3) is 0.438. The molecule has 1 aromatic rings. The topological polar surface area (TPSA) is 32.5 Å². The highest BCUT2D eigenvalue weighted by molar-refractivity contribution is 7.80. The summed E-state index contributed by atoms with van der Waals surface area (Å²) in [6.45, 7) is 6.50. The molecule has 0 bridgehead atoms. The first-order valence-corrected chi connectivity index (χ1v) is 7.59. The van der Waals surface area contributed by atoms with E-state index in [1.54, 1.807) is 0 Å². The third-order valence-electron chi connectivity index (χ3n) is 3.61. The molecular formula is C16H23N3S. The van der Waals surface area contributed by atoms with Gasteiger partial charge in [-0.3, -0.25) is 4.90 Å². The van der Waals surface area contributed by atoms with Gasteiger partial charge in [-0.05, 0) is 5.56 Å². The highest BCUT2D eigenvalue weighted by Gasteiger charge is 2.15. The van der Waals surface area contributed by atoms with Crippen molar-refractivity contribution < 1.29 is 0 Å². The molecule has 20 heavy (non-hydrogen) atoms. The van der Waals surface area contributed by atoms with Gasteiger partial charge in [0.15, 0.2) is 0 Å². The van der Waals surface area contributed by atoms with Crippen molar-refractivity contribution in [2.45, 2.75) is 6.42 Å². The molecule has 4 heteroatoms. The molecule has 1 aliphatic rings. The average Bonchev–Trinajstić information content (AvgIpc) is 2.47. The van der Waals surface area contributed by atoms with Gasteiger partial charge in [0.1, 0.15) is 0 Å². The molecule has 2 rings (SSSR count). The zero-order chi connectivity index (χ0) is 14.2. The van der Waals surface area contributed by atoms with Gasteiger partial charge in [-0.1, -0.05) is 54.7 Å². The Kier molecular flexibility index (Phi) is 6.18. The van der Waals surface area contributed by atoms with Gasteiger partial charge in [-0.2, -0.15) is 0 Å². The largest absolute Gasteiger partial charge is 0.393 e. The number of thiocarbonyl (C=S) groups is 1. The van der Waals surface area contributed by atoms with Crippen molar-refractivity contribution in [3.8, 4) is 0 Å². The molecule has 1 fully saturated rings. The number of piperazine rings is 1. The summed E-state index contributed by atoms with van der Waals surface area (Å²) in [6.07, 6.45) is 5.28. The number of rotatable bonds is 6. The lowest BCUT2D eigenvalue weighted by Crippen LogP contribution is -2.46. The SMILES string of the molecule is NC(=S)CCN1CCN(C/C=C/c2ccccc2)CC1. The number of benzene rings is 1. The molecule has 108 valence electrons. The van der Waals surface area contributed by atoms with Crippen molar-refractivity contribution in [2.24, 2.45) is 5.73 Å². The van der Waals surface area contributed by atoms with Crippen LogP contribution >= 0.6 is 12.2 Å². The third kappa shape index (κ3) is 5.41. The molecule has 1 aromatic carbocycles. The summed E-state index contributed by atoms with van der Waals surface area (Å²) >= 11 is 4.92. The molecular weight excluding hydrogens is 266 g/mol. The van der Waals surface area contributed by atoms with Crippen molar-refractivity contribution >= 4 is 23.3 Å². The van der Waals surface area contributed by atoms with E-state index in [1.165, 1.54) is 5.56 Å². The van der Waals surface area contributed by atoms with E-state index < -0.39 is 0 Å². The second-order valence-electron chi connectivity index (χ2n) is 5.17. The van der Waals surface area contributed by atoms with E-state index in [0.717, 1.165) is 45.7 Å². The zero-order valence-corrected chi connectivity index (χ0v) is 12.7. The van der Waals surface area contributed by atoms with Crippen LogP contribution in [-0.4, -0.2) is 54.1 Å². The molecule has 1 aliphatic heterocycles. The van der Waals surface area contributed by atoms with E-state index in [1.807, 2.05) is 6.07 Å². The summed E-state index contributed by atoms with van der Waals surface area (Å²) in [4.78, 5) is 5.55. The fourth-order valence-corrected chi connectivity index (χ4v) is 2.46. The van der Waals surface area contributed by atoms with Crippen molar-refractivity contribution in [1.82, 2.24) is 9.80 Å². The highest BCUT2D eigenvalue weighted by atomic mass is 32.1. The molecule has 0 spiro atoms. The van der Waals surface area contributed by atoms with Crippen LogP contribution in [0, 0.1) is 0 Å². The van der Waals surface area contributed by atoms with E-state index >= 15 is 0 Å². The Morgan fingerprint density at radius 2 is 1.75 bits per heavy atom. The Hall–Kier alpha value is -1.23. The molecule has 3 nitrogen and oxygen atoms in total. The molecule has 0 amide bonds. The minimum Gasteiger partial charge on any atom is -0.393 e. The van der Waals surface area contributed by atoms with Crippen molar-refractivity contribution in [3.63, 3.8) is 0 Å². The first-order chi connectivity index (χ1) is 9.74. The normalized spacial score (nSPS) is 17.6. The van der Waals surface area contributed by atoms with E-state index in [0.29, 0.717) is 4.99 Å². The number of hydrogen-bond acceptors (Lipinski definition) is 3. The summed E-state index contributed by atoms with van der Waals surface area (Å²) in [5.41, 5.74) is 6.81. The monoisotopic (exact) mass is 289 g/mol. The van der Waals surface area contributed by atoms with Gasteiger partial charge in [0.05, 0.1) is 4.99 Å². The molecule has 0 radical (unpaired) electrons. The molecule has 2 N–H and O–H groups in total. The maximum Gasteiger partial charge on any atom is 0.0740 e. The van der Waals surface area contributed by atoms with Crippen LogP contribution < -0.4 is 5.73 Å². The van der Waals surface area contributed by atoms with Crippen molar-refractivity contribution in [3.05, 3.63) is 42.0 Å². The summed E-state index contributed by atoms with van der Waals surface area (Å²) in [6, 6.07) is 10.4. The van der Waals surface area contributed by atoms with Crippen molar-refractivity contribution in [2.75, 3.05) is 39.3 Å². The minimum atomic E-state index is 0.623. The van der Waals surface area contributed by atoms with Crippen LogP contribution in [0.15, 0.2) is 36.4 Å². The molecule has 0 aromatic heterocycles. The molecule has 0 unspecified atom stereocenters. The quantitative estimate of drug-likeness (QED) is 0.812. The Morgan fingerprint density at radius 3 is 2.40 bits per heavy atom. The van der Waals surface area contributed by atoms with E-state index in [2.05, 4.69) is 46.2 Å². The smallest absolute Gasteiger partial charge is 0.0740 e. The minimum absolute atomic E-state index is 0.623. The van der Waals surface area contributed by atoms with Crippen LogP contribution in [0.5, 0.6) is 0 Å². The van der Waals surface area contributed by atoms with E-state index in [4.69, 9.17) is 18.0 Å². The lowest BCUT2D eigenvalue weighted by Gasteiger charge is -2.34. The standard InChI is InChI=1S/C16H23N3S/c17-16(20)8-10-19-13-11-18(12-14-19)9-4-7-15-5-2-1-3-6-15/h1-7H,8-14H2,(H2,17,20)/b7-4+. The summed E-state index contributed by atoms with van der Waals surface area (Å²) in [7, 11) is 0. The predicted octanol–water partition coefficient (Wildman–Crippen LogP) is 1.99. The number of nitrogens with zero attached hydrogens (tertiary/aromatic N) is 2. The van der Waals surface area contributed by atoms with Crippen molar-refractivity contribution in [1.29, 1.82) is 0 Å². The Morgan fingerprint density at radius 1 is 1.10 bits per heavy atom. The maximum absolute atomic E-state index is 5.54. The fourth-order valence-electron chi connectivity index (χ4n) is 2.37. The average molecular weight is 289 g/mol. The Labute approximate surface area is 127 Å². The van der Waals surface area contributed by atoms with E-state index in [9.17, 15) is 0 Å². The van der Waals surface area contributed by atoms with Gasteiger partial charge < -0.3 is 10.6 Å². The van der Waals surface area contributed by atoms with Crippen LogP contribution in [0.1, 0.15) is 12.0 Å². The molecule has 0 atom stereocenters. The highest BCUT2D eigenvalue weighted by Crippen LogP contribution is 2.05. The second kappa shape index (κ2) is 8.15. The second-order valence-corrected chi connectivity index (χ2v) is 5.70. The molecule has 1 saturated heterocycles. The van der Waals surface area contributed by atoms with Crippen LogP contribution in [0.3, 0.4) is 0 Å². The van der Waals surface area contributed by atoms with Gasteiger partial charge in [0.25, 0.3) is 0 Å². The molecule has 0 saturated carbocycles. The third-order valence-corrected chi connectivity index (χ3v) is 3.82. The van der Waals surface area contributed by atoms with Crippen LogP contribution in [0.4, 0.5) is 0 Å². The summed E-state index contributed by atoms with van der Waals surface area (Å²) < 4.78 is 0. The molecule has 1 heterocycles. The maximum atomic E-state index is 5.54. The van der Waals surface area contributed by atoms with Gasteiger partial charge >= 0.3 is 0 Å². The van der Waals surface area contributed by atoms with Crippen LogP contribution in [-0.2, 0) is 0 Å². The molecule has 0 aliphatic carbocycles. The Balaban J connectivity index is 1.67. The van der Waals surface area contributed by atoms with Crippen LogP contribution in [0.2, 0.25) is 0 Å². The zero-order valence-electron chi connectivity index (χ0n) is 11.9. The Bertz CT molecular complexity index is 436. The number of nitrogens with two attached hydrogens (primary N) is 1.